The molecule has 0 N–H and O–H groups in total. The monoisotopic (exact) mass is 306 g/mol. The largest absolute Gasteiger partial charge is 0.393 e. The zero-order chi connectivity index (χ0) is 16.0. The van der Waals surface area contributed by atoms with Crippen LogP contribution in [0.2, 0.25) is 0 Å². The topological polar surface area (TPSA) is 43.4 Å². The Kier molecular flexibility index (Phi) is 10.3. The SMILES string of the molecule is CCCCCCCC=CCCCCC=CC1CC(=O)OC1=O. The molecule has 1 atom stereocenters. The molecule has 1 fully saturated rings. The molecule has 0 amide bonds. The summed E-state index contributed by atoms with van der Waals surface area (Å²) in [5.41, 5.74) is 0. The summed E-state index contributed by atoms with van der Waals surface area (Å²) in [4.78, 5) is 22.1. The molecule has 0 spiro atoms. The Balaban J connectivity index is 1.91. The molecule has 1 heterocycles. The summed E-state index contributed by atoms with van der Waals surface area (Å²) in [6, 6.07) is 0. The molecule has 0 aromatic rings. The van der Waals surface area contributed by atoms with Crippen molar-refractivity contribution in [3.63, 3.8) is 0 Å². The molecule has 22 heavy (non-hydrogen) atoms. The first-order valence-electron chi connectivity index (χ1n) is 8.80. The molecule has 0 radical (unpaired) electrons. The summed E-state index contributed by atoms with van der Waals surface area (Å²) in [7, 11) is 0. The minimum Gasteiger partial charge on any atom is -0.393 e. The van der Waals surface area contributed by atoms with Crippen molar-refractivity contribution in [2.24, 2.45) is 5.92 Å². The maximum absolute atomic E-state index is 11.2. The van der Waals surface area contributed by atoms with Crippen molar-refractivity contribution in [2.45, 2.75) is 77.6 Å². The second-order valence-corrected chi connectivity index (χ2v) is 5.99. The summed E-state index contributed by atoms with van der Waals surface area (Å²) in [5.74, 6) is -1.15. The molecule has 0 aromatic carbocycles. The molecule has 0 aromatic heterocycles. The lowest BCUT2D eigenvalue weighted by Crippen LogP contribution is -2.03. The number of allylic oxidation sites excluding steroid dienone is 3. The molecule has 0 bridgehead atoms. The normalized spacial score (nSPS) is 18.7. The zero-order valence-electron chi connectivity index (χ0n) is 13.9. The summed E-state index contributed by atoms with van der Waals surface area (Å²) in [6.45, 7) is 2.24. The standard InChI is InChI=1S/C19H30O3/c1-2-3-4-5-6-7-8-9-10-11-12-13-14-15-17-16-18(20)22-19(17)21/h8-9,14-15,17H,2-7,10-13,16H2,1H3. The van der Waals surface area contributed by atoms with E-state index in [-0.39, 0.29) is 12.3 Å². The number of cyclic esters (lactones) is 2. The number of esters is 2. The fraction of sp³-hybridized carbons (Fsp3) is 0.684. The first kappa shape index (κ1) is 18.7. The van der Waals surface area contributed by atoms with E-state index >= 15 is 0 Å². The van der Waals surface area contributed by atoms with Crippen molar-refractivity contribution in [1.82, 2.24) is 0 Å². The smallest absolute Gasteiger partial charge is 0.321 e. The Hall–Kier alpha value is -1.38. The van der Waals surface area contributed by atoms with E-state index in [0.717, 1.165) is 19.3 Å². The van der Waals surface area contributed by atoms with E-state index in [1.165, 1.54) is 44.9 Å². The molecule has 0 saturated carbocycles. The molecular weight excluding hydrogens is 276 g/mol. The third kappa shape index (κ3) is 8.81. The summed E-state index contributed by atoms with van der Waals surface area (Å²) >= 11 is 0. The molecule has 1 saturated heterocycles. The Bertz CT molecular complexity index is 382. The van der Waals surface area contributed by atoms with Crippen molar-refractivity contribution in [2.75, 3.05) is 0 Å². The first-order valence-corrected chi connectivity index (χ1v) is 8.80. The van der Waals surface area contributed by atoms with Crippen LogP contribution in [0, 0.1) is 5.92 Å². The van der Waals surface area contributed by atoms with Gasteiger partial charge in [0.2, 0.25) is 0 Å². The van der Waals surface area contributed by atoms with Crippen LogP contribution in [0.1, 0.15) is 77.6 Å². The van der Waals surface area contributed by atoms with Crippen LogP contribution in [0.4, 0.5) is 0 Å². The van der Waals surface area contributed by atoms with Gasteiger partial charge in [0.05, 0.1) is 12.3 Å². The quantitative estimate of drug-likeness (QED) is 0.218. The summed E-state index contributed by atoms with van der Waals surface area (Å²) in [6.07, 6.45) is 20.9. The maximum atomic E-state index is 11.2. The van der Waals surface area contributed by atoms with Crippen molar-refractivity contribution in [3.8, 4) is 0 Å². The van der Waals surface area contributed by atoms with Gasteiger partial charge in [0.1, 0.15) is 0 Å². The fourth-order valence-electron chi connectivity index (χ4n) is 2.53. The van der Waals surface area contributed by atoms with Gasteiger partial charge in [-0.1, -0.05) is 56.9 Å². The molecular formula is C19H30O3. The Morgan fingerprint density at radius 1 is 0.909 bits per heavy atom. The van der Waals surface area contributed by atoms with E-state index < -0.39 is 11.9 Å². The van der Waals surface area contributed by atoms with Gasteiger partial charge in [-0.05, 0) is 38.5 Å². The lowest BCUT2D eigenvalue weighted by molar-refractivity contribution is -0.152. The number of ether oxygens (including phenoxy) is 1. The highest BCUT2D eigenvalue weighted by molar-refractivity contribution is 5.95. The van der Waals surface area contributed by atoms with E-state index in [4.69, 9.17) is 0 Å². The van der Waals surface area contributed by atoms with Gasteiger partial charge < -0.3 is 4.74 Å². The van der Waals surface area contributed by atoms with Crippen molar-refractivity contribution < 1.29 is 14.3 Å². The van der Waals surface area contributed by atoms with Gasteiger partial charge in [-0.15, -0.1) is 0 Å². The molecule has 124 valence electrons. The Morgan fingerprint density at radius 3 is 2.09 bits per heavy atom. The van der Waals surface area contributed by atoms with E-state index in [0.29, 0.717) is 0 Å². The maximum Gasteiger partial charge on any atom is 0.321 e. The molecule has 0 aliphatic carbocycles. The second-order valence-electron chi connectivity index (χ2n) is 5.99. The van der Waals surface area contributed by atoms with Gasteiger partial charge in [-0.3, -0.25) is 9.59 Å². The fourth-order valence-corrected chi connectivity index (χ4v) is 2.53. The highest BCUT2D eigenvalue weighted by Gasteiger charge is 2.30. The number of unbranched alkanes of at least 4 members (excludes halogenated alkanes) is 8. The highest BCUT2D eigenvalue weighted by atomic mass is 16.6. The predicted molar refractivity (Wildman–Crippen MR) is 89.3 cm³/mol. The Labute approximate surface area is 134 Å². The van der Waals surface area contributed by atoms with Crippen LogP contribution >= 0.6 is 0 Å². The van der Waals surface area contributed by atoms with Gasteiger partial charge in [-0.2, -0.15) is 0 Å². The van der Waals surface area contributed by atoms with Crippen molar-refractivity contribution in [3.05, 3.63) is 24.3 Å². The molecule has 1 rings (SSSR count). The molecule has 1 aliphatic heterocycles. The summed E-state index contributed by atoms with van der Waals surface area (Å²) < 4.78 is 4.50. The number of carbonyl (C=O) groups excluding carboxylic acids is 2. The highest BCUT2D eigenvalue weighted by Crippen LogP contribution is 2.17. The van der Waals surface area contributed by atoms with E-state index in [2.05, 4.69) is 23.8 Å². The number of rotatable bonds is 12. The minimum absolute atomic E-state index is 0.205. The summed E-state index contributed by atoms with van der Waals surface area (Å²) in [5, 5.41) is 0. The average Bonchev–Trinajstić information content (AvgIpc) is 2.82. The third-order valence-electron chi connectivity index (χ3n) is 3.90. The van der Waals surface area contributed by atoms with E-state index in [9.17, 15) is 9.59 Å². The van der Waals surface area contributed by atoms with Crippen LogP contribution in [0.15, 0.2) is 24.3 Å². The zero-order valence-corrected chi connectivity index (χ0v) is 13.9. The van der Waals surface area contributed by atoms with Crippen LogP contribution in [0.5, 0.6) is 0 Å². The van der Waals surface area contributed by atoms with Crippen LogP contribution in [0.3, 0.4) is 0 Å². The first-order chi connectivity index (χ1) is 10.7. The predicted octanol–water partition coefficient (Wildman–Crippen LogP) is 5.11. The van der Waals surface area contributed by atoms with Crippen LogP contribution in [-0.2, 0) is 14.3 Å². The van der Waals surface area contributed by atoms with Gasteiger partial charge in [-0.25, -0.2) is 0 Å². The van der Waals surface area contributed by atoms with Crippen LogP contribution in [-0.4, -0.2) is 11.9 Å². The third-order valence-corrected chi connectivity index (χ3v) is 3.90. The Morgan fingerprint density at radius 2 is 1.50 bits per heavy atom. The van der Waals surface area contributed by atoms with Gasteiger partial charge in [0.25, 0.3) is 0 Å². The van der Waals surface area contributed by atoms with E-state index in [1.807, 2.05) is 12.2 Å². The van der Waals surface area contributed by atoms with E-state index in [1.54, 1.807) is 0 Å². The molecule has 3 heteroatoms. The molecule has 1 unspecified atom stereocenters. The van der Waals surface area contributed by atoms with Gasteiger partial charge >= 0.3 is 11.9 Å². The minimum atomic E-state index is -0.403. The molecule has 1 aliphatic rings. The van der Waals surface area contributed by atoms with Crippen LogP contribution in [0.25, 0.3) is 0 Å². The van der Waals surface area contributed by atoms with Gasteiger partial charge in [0, 0.05) is 0 Å². The number of carbonyl (C=O) groups is 2. The van der Waals surface area contributed by atoms with Crippen LogP contribution < -0.4 is 0 Å². The number of hydrogen-bond donors (Lipinski definition) is 0. The number of hydrogen-bond acceptors (Lipinski definition) is 3. The lowest BCUT2D eigenvalue weighted by atomic mass is 10.1. The van der Waals surface area contributed by atoms with Crippen molar-refractivity contribution >= 4 is 11.9 Å². The van der Waals surface area contributed by atoms with Crippen molar-refractivity contribution in [1.29, 1.82) is 0 Å². The lowest BCUT2D eigenvalue weighted by Gasteiger charge is -1.97. The molecule has 3 nitrogen and oxygen atoms in total. The second kappa shape index (κ2) is 12.2. The van der Waals surface area contributed by atoms with Gasteiger partial charge in [0.15, 0.2) is 0 Å². The average molecular weight is 306 g/mol.